The molecular weight excluding hydrogens is 460 g/mol. The van der Waals surface area contributed by atoms with Crippen molar-refractivity contribution in [3.63, 3.8) is 0 Å². The molecule has 13 heteroatoms. The zero-order chi connectivity index (χ0) is 24.1. The molecule has 0 saturated carbocycles. The van der Waals surface area contributed by atoms with Gasteiger partial charge in [0.2, 0.25) is 5.88 Å². The molecule has 1 aromatic heterocycles. The molecule has 0 unspecified atom stereocenters. The number of carbonyl (C=O) groups excluding carboxylic acids is 1. The van der Waals surface area contributed by atoms with E-state index in [9.17, 15) is 31.1 Å². The Morgan fingerprint density at radius 3 is 2.03 bits per heavy atom. The molecule has 7 nitrogen and oxygen atoms in total. The number of nitrogens with one attached hydrogen (secondary N) is 2. The average molecular weight is 473 g/mol. The van der Waals surface area contributed by atoms with Gasteiger partial charge in [-0.05, 0) is 48.5 Å². The second-order valence-electron chi connectivity index (χ2n) is 6.10. The third-order valence-electron chi connectivity index (χ3n) is 3.65. The van der Waals surface area contributed by atoms with Gasteiger partial charge in [-0.1, -0.05) is 12.1 Å². The molecule has 2 amide bonds. The predicted octanol–water partition coefficient (Wildman–Crippen LogP) is 6.32. The molecule has 0 aliphatic rings. The minimum absolute atomic E-state index is 0.00571. The molecule has 3 aromatic rings. The number of pyridine rings is 1. The van der Waals surface area contributed by atoms with E-state index in [1.165, 1.54) is 48.7 Å². The third kappa shape index (κ3) is 7.48. The Hall–Kier alpha value is -4.16. The van der Waals surface area contributed by atoms with Crippen molar-refractivity contribution >= 4 is 17.4 Å². The smallest absolute Gasteiger partial charge is 0.433 e. The Bertz CT molecular complexity index is 1100. The topological polar surface area (TPSA) is 81.7 Å². The second-order valence-corrected chi connectivity index (χ2v) is 6.10. The molecule has 2 N–H and O–H groups in total. The molecule has 0 radical (unpaired) electrons. The van der Waals surface area contributed by atoms with E-state index in [0.29, 0.717) is 0 Å². The summed E-state index contributed by atoms with van der Waals surface area (Å²) in [5.74, 6) is -1.64. The number of para-hydroxylation sites is 2. The summed E-state index contributed by atoms with van der Waals surface area (Å²) >= 11 is 0. The maximum Gasteiger partial charge on any atom is 0.573 e. The first kappa shape index (κ1) is 23.5. The first-order valence-electron chi connectivity index (χ1n) is 8.90. The van der Waals surface area contributed by atoms with Gasteiger partial charge in [0.15, 0.2) is 11.5 Å². The Morgan fingerprint density at radius 1 is 0.758 bits per heavy atom. The van der Waals surface area contributed by atoms with Gasteiger partial charge in [-0.15, -0.1) is 26.3 Å². The summed E-state index contributed by atoms with van der Waals surface area (Å²) in [6, 6.07) is 11.3. The summed E-state index contributed by atoms with van der Waals surface area (Å²) in [5, 5.41) is 4.76. The number of carbonyl (C=O) groups is 1. The number of anilines is 2. The van der Waals surface area contributed by atoms with E-state index in [1.54, 1.807) is 0 Å². The number of hydrogen-bond donors (Lipinski definition) is 2. The monoisotopic (exact) mass is 473 g/mol. The Kier molecular flexibility index (Phi) is 6.80. The fourth-order valence-corrected chi connectivity index (χ4v) is 2.44. The second kappa shape index (κ2) is 9.54. The number of nitrogens with zero attached hydrogens (tertiary/aromatic N) is 1. The van der Waals surface area contributed by atoms with E-state index in [4.69, 9.17) is 4.74 Å². The van der Waals surface area contributed by atoms with Crippen LogP contribution in [0.25, 0.3) is 0 Å². The molecule has 0 bridgehead atoms. The van der Waals surface area contributed by atoms with Gasteiger partial charge in [-0.25, -0.2) is 9.78 Å². The van der Waals surface area contributed by atoms with Gasteiger partial charge in [0.25, 0.3) is 0 Å². The maximum atomic E-state index is 12.6. The van der Waals surface area contributed by atoms with Gasteiger partial charge < -0.3 is 24.8 Å². The van der Waals surface area contributed by atoms with Crippen LogP contribution in [0.15, 0.2) is 66.9 Å². The summed E-state index contributed by atoms with van der Waals surface area (Å²) in [7, 11) is 0. The summed E-state index contributed by atoms with van der Waals surface area (Å²) < 4.78 is 87.5. The number of halogens is 6. The summed E-state index contributed by atoms with van der Waals surface area (Å²) in [4.78, 5) is 16.2. The van der Waals surface area contributed by atoms with Crippen molar-refractivity contribution < 1.29 is 45.3 Å². The van der Waals surface area contributed by atoms with E-state index in [0.717, 1.165) is 18.2 Å². The van der Waals surface area contributed by atoms with Crippen LogP contribution in [-0.2, 0) is 0 Å². The lowest BCUT2D eigenvalue weighted by atomic mass is 10.3. The number of hydrogen-bond acceptors (Lipinski definition) is 5. The molecule has 0 atom stereocenters. The molecule has 33 heavy (non-hydrogen) atoms. The number of benzene rings is 2. The van der Waals surface area contributed by atoms with Crippen molar-refractivity contribution in [1.29, 1.82) is 0 Å². The number of ether oxygens (including phenoxy) is 3. The quantitative estimate of drug-likeness (QED) is 0.410. The molecule has 0 fully saturated rings. The lowest BCUT2D eigenvalue weighted by Crippen LogP contribution is -2.20. The molecule has 0 aliphatic carbocycles. The lowest BCUT2D eigenvalue weighted by molar-refractivity contribution is -0.275. The zero-order valence-electron chi connectivity index (χ0n) is 16.2. The van der Waals surface area contributed by atoms with Gasteiger partial charge >= 0.3 is 18.8 Å². The number of amides is 2. The van der Waals surface area contributed by atoms with Crippen LogP contribution in [0, 0.1) is 0 Å². The highest BCUT2D eigenvalue weighted by molar-refractivity contribution is 6.00. The highest BCUT2D eigenvalue weighted by atomic mass is 19.4. The fraction of sp³-hybridized carbons (Fsp3) is 0.100. The van der Waals surface area contributed by atoms with Crippen LogP contribution >= 0.6 is 0 Å². The van der Waals surface area contributed by atoms with Crippen LogP contribution in [0.3, 0.4) is 0 Å². The van der Waals surface area contributed by atoms with Crippen molar-refractivity contribution in [2.45, 2.75) is 12.7 Å². The minimum atomic E-state index is -4.95. The highest BCUT2D eigenvalue weighted by Gasteiger charge is 2.33. The van der Waals surface area contributed by atoms with E-state index in [1.807, 2.05) is 0 Å². The number of urea groups is 1. The van der Waals surface area contributed by atoms with Crippen LogP contribution < -0.4 is 24.8 Å². The Labute approximate surface area is 181 Å². The first-order chi connectivity index (χ1) is 15.5. The molecule has 2 aromatic carbocycles. The van der Waals surface area contributed by atoms with Crippen LogP contribution in [0.2, 0.25) is 0 Å². The summed E-state index contributed by atoms with van der Waals surface area (Å²) in [5.41, 5.74) is 0.131. The van der Waals surface area contributed by atoms with Gasteiger partial charge in [0.1, 0.15) is 11.4 Å². The van der Waals surface area contributed by atoms with Gasteiger partial charge in [0, 0.05) is 11.9 Å². The van der Waals surface area contributed by atoms with E-state index in [-0.39, 0.29) is 23.0 Å². The largest absolute Gasteiger partial charge is 0.573 e. The number of rotatable bonds is 6. The van der Waals surface area contributed by atoms with Crippen LogP contribution in [0.4, 0.5) is 42.5 Å². The molecule has 3 rings (SSSR count). The lowest BCUT2D eigenvalue weighted by Gasteiger charge is -2.15. The molecule has 0 saturated heterocycles. The predicted molar refractivity (Wildman–Crippen MR) is 103 cm³/mol. The fourth-order valence-electron chi connectivity index (χ4n) is 2.44. The molecule has 1 heterocycles. The summed E-state index contributed by atoms with van der Waals surface area (Å²) in [6.45, 7) is 0. The van der Waals surface area contributed by atoms with Crippen LogP contribution in [0.5, 0.6) is 23.1 Å². The Morgan fingerprint density at radius 2 is 1.39 bits per heavy atom. The SMILES string of the molecule is O=C(Nc1ccc(OC(F)(F)F)cc1)Nc1cccnc1Oc1ccccc1OC(F)(F)F. The van der Waals surface area contributed by atoms with Crippen LogP contribution in [-0.4, -0.2) is 23.7 Å². The number of alkyl halides is 6. The van der Waals surface area contributed by atoms with Crippen LogP contribution in [0.1, 0.15) is 0 Å². The molecule has 174 valence electrons. The third-order valence-corrected chi connectivity index (χ3v) is 3.65. The van der Waals surface area contributed by atoms with Crippen molar-refractivity contribution in [1.82, 2.24) is 4.98 Å². The first-order valence-corrected chi connectivity index (χ1v) is 8.90. The standard InChI is InChI=1S/C20H13F6N3O4/c21-19(22,23)32-13-9-7-12(8-10-13)28-18(30)29-14-4-3-11-27-17(14)31-15-5-1-2-6-16(15)33-20(24,25)26/h1-11H,(H2,28,29,30). The molecular formula is C20H13F6N3O4. The van der Waals surface area contributed by atoms with E-state index >= 15 is 0 Å². The van der Waals surface area contributed by atoms with Gasteiger partial charge in [0.05, 0.1) is 0 Å². The minimum Gasteiger partial charge on any atom is -0.433 e. The van der Waals surface area contributed by atoms with Crippen molar-refractivity contribution in [3.8, 4) is 23.1 Å². The van der Waals surface area contributed by atoms with Gasteiger partial charge in [-0.3, -0.25) is 0 Å². The van der Waals surface area contributed by atoms with E-state index < -0.39 is 30.3 Å². The molecule has 0 spiro atoms. The average Bonchev–Trinajstić information content (AvgIpc) is 2.70. The van der Waals surface area contributed by atoms with Crippen molar-refractivity contribution in [3.05, 3.63) is 66.9 Å². The normalized spacial score (nSPS) is 11.5. The highest BCUT2D eigenvalue weighted by Crippen LogP contribution is 2.36. The Balaban J connectivity index is 1.70. The van der Waals surface area contributed by atoms with Gasteiger partial charge in [-0.2, -0.15) is 0 Å². The van der Waals surface area contributed by atoms with Crippen molar-refractivity contribution in [2.24, 2.45) is 0 Å². The van der Waals surface area contributed by atoms with E-state index in [2.05, 4.69) is 25.1 Å². The zero-order valence-corrected chi connectivity index (χ0v) is 16.2. The molecule has 0 aliphatic heterocycles. The maximum absolute atomic E-state index is 12.6. The summed E-state index contributed by atoms with van der Waals surface area (Å²) in [6.07, 6.45) is -8.52. The number of aromatic nitrogens is 1. The van der Waals surface area contributed by atoms with Crippen molar-refractivity contribution in [2.75, 3.05) is 10.6 Å².